The van der Waals surface area contributed by atoms with E-state index in [-0.39, 0.29) is 12.1 Å². The first-order valence-corrected chi connectivity index (χ1v) is 9.43. The van der Waals surface area contributed by atoms with Gasteiger partial charge in [0.2, 0.25) is 0 Å². The summed E-state index contributed by atoms with van der Waals surface area (Å²) in [5, 5.41) is 13.0. The first-order valence-electron chi connectivity index (χ1n) is 8.55. The summed E-state index contributed by atoms with van der Waals surface area (Å²) >= 11 is 1.61. The molecule has 1 aromatic carbocycles. The van der Waals surface area contributed by atoms with Gasteiger partial charge in [0, 0.05) is 6.54 Å². The molecule has 0 radical (unpaired) electrons. The van der Waals surface area contributed by atoms with Crippen molar-refractivity contribution in [3.05, 3.63) is 53.0 Å². The Hall–Kier alpha value is -2.84. The van der Waals surface area contributed by atoms with Crippen molar-refractivity contribution >= 4 is 17.2 Å². The number of carbonyl (C=O) groups is 1. The van der Waals surface area contributed by atoms with E-state index in [1.807, 2.05) is 41.8 Å². The minimum atomic E-state index is -0.125. The summed E-state index contributed by atoms with van der Waals surface area (Å²) in [4.78, 5) is 13.3. The van der Waals surface area contributed by atoms with Gasteiger partial charge in [0.1, 0.15) is 17.6 Å². The maximum absolute atomic E-state index is 12.2. The highest BCUT2D eigenvalue weighted by molar-refractivity contribution is 7.13. The highest BCUT2D eigenvalue weighted by Gasteiger charge is 2.27. The Labute approximate surface area is 160 Å². The van der Waals surface area contributed by atoms with E-state index < -0.39 is 0 Å². The molecule has 3 aromatic rings. The second kappa shape index (κ2) is 7.42. The van der Waals surface area contributed by atoms with Crippen LogP contribution in [0, 0.1) is 0 Å². The van der Waals surface area contributed by atoms with Crippen molar-refractivity contribution < 1.29 is 14.3 Å². The zero-order chi connectivity index (χ0) is 18.8. The molecule has 0 saturated carbocycles. The van der Waals surface area contributed by atoms with Gasteiger partial charge < -0.3 is 14.8 Å². The monoisotopic (exact) mass is 384 g/mol. The van der Waals surface area contributed by atoms with Crippen LogP contribution in [0.15, 0.2) is 41.8 Å². The van der Waals surface area contributed by atoms with Gasteiger partial charge in [-0.15, -0.1) is 11.3 Å². The zero-order valence-corrected chi connectivity index (χ0v) is 15.9. The lowest BCUT2D eigenvalue weighted by Crippen LogP contribution is -2.45. The van der Waals surface area contributed by atoms with Gasteiger partial charge >= 0.3 is 0 Å². The highest BCUT2D eigenvalue weighted by Crippen LogP contribution is 2.28. The van der Waals surface area contributed by atoms with Gasteiger partial charge in [-0.2, -0.15) is 5.10 Å². The molecule has 1 aliphatic rings. The van der Waals surface area contributed by atoms with E-state index in [4.69, 9.17) is 9.47 Å². The second-order valence-corrected chi connectivity index (χ2v) is 7.08. The molecular formula is C19H20N4O3S. The average molecular weight is 384 g/mol. The van der Waals surface area contributed by atoms with Crippen LogP contribution in [0.2, 0.25) is 0 Å². The highest BCUT2D eigenvalue weighted by atomic mass is 32.1. The first kappa shape index (κ1) is 17.6. The zero-order valence-electron chi connectivity index (χ0n) is 15.1. The van der Waals surface area contributed by atoms with Crippen molar-refractivity contribution in [2.24, 2.45) is 0 Å². The van der Waals surface area contributed by atoms with E-state index in [0.717, 1.165) is 16.1 Å². The number of methoxy groups -OCH3 is 2. The maximum Gasteiger partial charge on any atom is 0.269 e. The molecule has 8 heteroatoms. The van der Waals surface area contributed by atoms with Crippen molar-refractivity contribution in [2.45, 2.75) is 12.7 Å². The molecule has 27 heavy (non-hydrogen) atoms. The number of nitrogens with zero attached hydrogens (tertiary/aromatic N) is 2. The molecule has 0 fully saturated rings. The molecule has 140 valence electrons. The normalized spacial score (nSPS) is 15.9. The van der Waals surface area contributed by atoms with Gasteiger partial charge in [-0.1, -0.05) is 12.1 Å². The average Bonchev–Trinajstić information content (AvgIpc) is 3.37. The second-order valence-electron chi connectivity index (χ2n) is 6.13. The number of benzene rings is 1. The molecule has 0 bridgehead atoms. The predicted octanol–water partition coefficient (Wildman–Crippen LogP) is 2.66. The number of carbonyl (C=O) groups excluding carboxylic acids is 1. The predicted molar refractivity (Wildman–Crippen MR) is 103 cm³/mol. The Morgan fingerprint density at radius 3 is 2.85 bits per heavy atom. The number of thiophene rings is 1. The van der Waals surface area contributed by atoms with Crippen molar-refractivity contribution in [3.63, 3.8) is 0 Å². The molecule has 1 aliphatic heterocycles. The molecule has 2 aromatic heterocycles. The largest absolute Gasteiger partial charge is 0.493 e. The van der Waals surface area contributed by atoms with Gasteiger partial charge in [-0.3, -0.25) is 10.1 Å². The molecule has 0 aliphatic carbocycles. The van der Waals surface area contributed by atoms with E-state index in [2.05, 4.69) is 15.7 Å². The SMILES string of the molecule is COc1ccc(CNC2CNC(=O)c3cc(-c4cccs4)nn32)cc1OC. The third-order valence-electron chi connectivity index (χ3n) is 4.48. The summed E-state index contributed by atoms with van der Waals surface area (Å²) in [6.45, 7) is 1.08. The van der Waals surface area contributed by atoms with Crippen LogP contribution >= 0.6 is 11.3 Å². The number of fused-ring (bicyclic) bond motifs is 1. The van der Waals surface area contributed by atoms with E-state index >= 15 is 0 Å². The van der Waals surface area contributed by atoms with Crippen LogP contribution in [0.4, 0.5) is 0 Å². The molecule has 1 atom stereocenters. The lowest BCUT2D eigenvalue weighted by Gasteiger charge is -2.26. The van der Waals surface area contributed by atoms with Crippen LogP contribution in [0.3, 0.4) is 0 Å². The number of aromatic nitrogens is 2. The molecule has 0 saturated heterocycles. The summed E-state index contributed by atoms with van der Waals surface area (Å²) in [5.41, 5.74) is 2.43. The molecular weight excluding hydrogens is 364 g/mol. The lowest BCUT2D eigenvalue weighted by molar-refractivity contribution is 0.0900. The third kappa shape index (κ3) is 3.41. The number of hydrogen-bond acceptors (Lipinski definition) is 6. The van der Waals surface area contributed by atoms with Crippen LogP contribution in [0.25, 0.3) is 10.6 Å². The van der Waals surface area contributed by atoms with Crippen molar-refractivity contribution in [3.8, 4) is 22.1 Å². The molecule has 0 spiro atoms. The van der Waals surface area contributed by atoms with Gasteiger partial charge in [-0.05, 0) is 35.2 Å². The van der Waals surface area contributed by atoms with Crippen LogP contribution in [0.5, 0.6) is 11.5 Å². The molecule has 1 amide bonds. The summed E-state index contributed by atoms with van der Waals surface area (Å²) in [5.74, 6) is 1.28. The summed E-state index contributed by atoms with van der Waals surface area (Å²) in [7, 11) is 3.23. The number of rotatable bonds is 6. The minimum Gasteiger partial charge on any atom is -0.493 e. The van der Waals surface area contributed by atoms with Gasteiger partial charge in [0.15, 0.2) is 11.5 Å². The molecule has 7 nitrogen and oxygen atoms in total. The Morgan fingerprint density at radius 1 is 1.26 bits per heavy atom. The van der Waals surface area contributed by atoms with E-state index in [9.17, 15) is 4.79 Å². The van der Waals surface area contributed by atoms with Crippen LogP contribution in [-0.4, -0.2) is 36.5 Å². The Bertz CT molecular complexity index is 952. The Morgan fingerprint density at radius 2 is 2.11 bits per heavy atom. The summed E-state index contributed by atoms with van der Waals surface area (Å²) in [6, 6.07) is 11.6. The third-order valence-corrected chi connectivity index (χ3v) is 5.38. The Balaban J connectivity index is 1.54. The van der Waals surface area contributed by atoms with Gasteiger partial charge in [-0.25, -0.2) is 4.68 Å². The van der Waals surface area contributed by atoms with Crippen molar-refractivity contribution in [1.82, 2.24) is 20.4 Å². The summed E-state index contributed by atoms with van der Waals surface area (Å²) in [6.07, 6.45) is -0.125. The number of nitrogens with one attached hydrogen (secondary N) is 2. The lowest BCUT2D eigenvalue weighted by atomic mass is 10.2. The van der Waals surface area contributed by atoms with Crippen LogP contribution in [0.1, 0.15) is 22.2 Å². The van der Waals surface area contributed by atoms with Crippen molar-refractivity contribution in [1.29, 1.82) is 0 Å². The van der Waals surface area contributed by atoms with Crippen LogP contribution in [-0.2, 0) is 6.54 Å². The van der Waals surface area contributed by atoms with E-state index in [1.54, 1.807) is 30.2 Å². The summed E-state index contributed by atoms with van der Waals surface area (Å²) < 4.78 is 12.4. The molecule has 1 unspecified atom stereocenters. The maximum atomic E-state index is 12.2. The number of amides is 1. The fraction of sp³-hybridized carbons (Fsp3) is 0.263. The standard InChI is InChI=1S/C19H20N4O3S/c1-25-15-6-5-12(8-16(15)26-2)10-20-18-11-21-19(24)14-9-13(22-23(14)18)17-4-3-7-27-17/h3-9,18,20H,10-11H2,1-2H3,(H,21,24). The topological polar surface area (TPSA) is 77.4 Å². The van der Waals surface area contributed by atoms with Crippen molar-refractivity contribution in [2.75, 3.05) is 20.8 Å². The number of ether oxygens (including phenoxy) is 2. The molecule has 2 N–H and O–H groups in total. The quantitative estimate of drug-likeness (QED) is 0.683. The minimum absolute atomic E-state index is 0.102. The molecule has 4 rings (SSSR count). The van der Waals surface area contributed by atoms with E-state index in [0.29, 0.717) is 30.3 Å². The van der Waals surface area contributed by atoms with E-state index in [1.165, 1.54) is 0 Å². The smallest absolute Gasteiger partial charge is 0.269 e. The van der Waals surface area contributed by atoms with Crippen LogP contribution < -0.4 is 20.1 Å². The molecule has 3 heterocycles. The van der Waals surface area contributed by atoms with Gasteiger partial charge in [0.25, 0.3) is 5.91 Å². The fourth-order valence-corrected chi connectivity index (χ4v) is 3.78. The first-order chi connectivity index (χ1) is 13.2. The number of hydrogen-bond donors (Lipinski definition) is 2. The Kier molecular flexibility index (Phi) is 4.83. The van der Waals surface area contributed by atoms with Gasteiger partial charge in [0.05, 0.1) is 25.6 Å². The fourth-order valence-electron chi connectivity index (χ4n) is 3.10.